The maximum Gasteiger partial charge on any atom is 0.330 e. The molecule has 5 atom stereocenters. The Labute approximate surface area is 110 Å². The highest BCUT2D eigenvalue weighted by Gasteiger charge is 2.87. The third kappa shape index (κ3) is 1.32. The molecule has 19 heavy (non-hydrogen) atoms. The van der Waals surface area contributed by atoms with Gasteiger partial charge in [-0.25, -0.2) is 9.18 Å². The van der Waals surface area contributed by atoms with Gasteiger partial charge in [0.15, 0.2) is 11.8 Å². The van der Waals surface area contributed by atoms with E-state index in [9.17, 15) is 24.2 Å². The van der Waals surface area contributed by atoms with Crippen LogP contribution in [0.15, 0.2) is 21.9 Å². The van der Waals surface area contributed by atoms with Crippen LogP contribution in [0.5, 0.6) is 0 Å². The first-order chi connectivity index (χ1) is 8.88. The van der Waals surface area contributed by atoms with E-state index in [4.69, 9.17) is 16.3 Å². The van der Waals surface area contributed by atoms with Crippen LogP contribution in [-0.2, 0) is 4.74 Å². The van der Waals surface area contributed by atoms with Gasteiger partial charge in [-0.2, -0.15) is 0 Å². The monoisotopic (exact) mass is 292 g/mol. The Morgan fingerprint density at radius 1 is 1.58 bits per heavy atom. The smallest absolute Gasteiger partial charge is 0.330 e. The minimum absolute atomic E-state index is 0.602. The molecule has 1 saturated heterocycles. The van der Waals surface area contributed by atoms with Crippen molar-refractivity contribution in [2.75, 3.05) is 6.67 Å². The van der Waals surface area contributed by atoms with Crippen LogP contribution in [0.4, 0.5) is 4.39 Å². The highest BCUT2D eigenvalue weighted by Crippen LogP contribution is 2.64. The van der Waals surface area contributed by atoms with Gasteiger partial charge in [0.2, 0.25) is 0 Å². The van der Waals surface area contributed by atoms with Crippen molar-refractivity contribution in [2.45, 2.75) is 28.9 Å². The van der Waals surface area contributed by atoms with Crippen molar-refractivity contribution < 1.29 is 19.3 Å². The minimum Gasteiger partial charge on any atom is -0.387 e. The second-order valence-electron chi connectivity index (χ2n) is 4.68. The zero-order chi connectivity index (χ0) is 14.0. The van der Waals surface area contributed by atoms with Crippen LogP contribution in [0.25, 0.3) is 0 Å². The second kappa shape index (κ2) is 3.66. The van der Waals surface area contributed by atoms with Crippen molar-refractivity contribution >= 4 is 11.6 Å². The number of alkyl halides is 2. The van der Waals surface area contributed by atoms with Gasteiger partial charge >= 0.3 is 5.69 Å². The van der Waals surface area contributed by atoms with Gasteiger partial charge in [-0.05, 0) is 0 Å². The van der Waals surface area contributed by atoms with Gasteiger partial charge in [0.1, 0.15) is 23.8 Å². The zero-order valence-corrected chi connectivity index (χ0v) is 10.2. The van der Waals surface area contributed by atoms with Crippen molar-refractivity contribution in [3.8, 4) is 0 Å². The summed E-state index contributed by atoms with van der Waals surface area (Å²) >= 11 is 5.97. The maximum atomic E-state index is 13.0. The number of fused-ring (bicyclic) bond motifs is 1. The standard InChI is InChI=1S/C10H10ClFN2O5/c11-5-6(14-2-1-4(15)13-8(14)17)19-9(3-12)7(16)10(5,9)18/h1-2,5-7,16,18H,3H2,(H,13,15,17)/t5-,6?,7?,9+,10+/m0/s1. The normalized spacial score (nSPS) is 44.1. The minimum atomic E-state index is -1.94. The summed E-state index contributed by atoms with van der Waals surface area (Å²) in [6.07, 6.45) is -1.48. The zero-order valence-electron chi connectivity index (χ0n) is 9.42. The third-order valence-corrected chi connectivity index (χ3v) is 4.33. The molecule has 2 unspecified atom stereocenters. The van der Waals surface area contributed by atoms with Crippen molar-refractivity contribution in [2.24, 2.45) is 0 Å². The van der Waals surface area contributed by atoms with Gasteiger partial charge in [-0.1, -0.05) is 0 Å². The van der Waals surface area contributed by atoms with E-state index >= 15 is 0 Å². The number of halogens is 2. The van der Waals surface area contributed by atoms with E-state index in [-0.39, 0.29) is 0 Å². The molecule has 0 radical (unpaired) electrons. The number of aromatic nitrogens is 2. The van der Waals surface area contributed by atoms with Crippen molar-refractivity contribution in [3.63, 3.8) is 0 Å². The van der Waals surface area contributed by atoms with Gasteiger partial charge in [0.25, 0.3) is 5.56 Å². The molecular weight excluding hydrogens is 283 g/mol. The molecular formula is C10H10ClFN2O5. The van der Waals surface area contributed by atoms with Crippen LogP contribution >= 0.6 is 11.6 Å². The van der Waals surface area contributed by atoms with E-state index in [1.807, 2.05) is 4.98 Å². The molecule has 2 aliphatic rings. The van der Waals surface area contributed by atoms with E-state index in [1.54, 1.807) is 0 Å². The van der Waals surface area contributed by atoms with Crippen LogP contribution in [0.3, 0.4) is 0 Å². The summed E-state index contributed by atoms with van der Waals surface area (Å²) in [7, 11) is 0. The van der Waals surface area contributed by atoms with Crippen LogP contribution in [0.2, 0.25) is 0 Å². The van der Waals surface area contributed by atoms with Gasteiger partial charge in [0.05, 0.1) is 0 Å². The van der Waals surface area contributed by atoms with Crippen molar-refractivity contribution in [1.82, 2.24) is 9.55 Å². The molecule has 1 aliphatic carbocycles. The van der Waals surface area contributed by atoms with Gasteiger partial charge in [-0.3, -0.25) is 14.3 Å². The fraction of sp³-hybridized carbons (Fsp3) is 0.600. The highest BCUT2D eigenvalue weighted by molar-refractivity contribution is 6.22. The average molecular weight is 293 g/mol. The van der Waals surface area contributed by atoms with Gasteiger partial charge in [-0.15, -0.1) is 11.6 Å². The Bertz CT molecular complexity index is 643. The van der Waals surface area contributed by atoms with Gasteiger partial charge in [0, 0.05) is 12.3 Å². The molecule has 0 bridgehead atoms. The molecule has 2 fully saturated rings. The molecule has 1 aromatic heterocycles. The molecule has 2 heterocycles. The van der Waals surface area contributed by atoms with E-state index in [0.29, 0.717) is 0 Å². The number of aromatic amines is 1. The Morgan fingerprint density at radius 2 is 2.26 bits per heavy atom. The number of aliphatic hydroxyl groups excluding tert-OH is 1. The number of rotatable bonds is 2. The molecule has 1 aliphatic heterocycles. The highest BCUT2D eigenvalue weighted by atomic mass is 35.5. The molecule has 0 amide bonds. The molecule has 0 aromatic carbocycles. The first-order valence-corrected chi connectivity index (χ1v) is 5.92. The summed E-state index contributed by atoms with van der Waals surface area (Å²) in [5.74, 6) is 0. The largest absolute Gasteiger partial charge is 0.387 e. The predicted molar refractivity (Wildman–Crippen MR) is 60.7 cm³/mol. The quantitative estimate of drug-likeness (QED) is 0.575. The summed E-state index contributed by atoms with van der Waals surface area (Å²) in [5, 5.41) is 18.4. The SMILES string of the molecule is O=c1ccn(C2O[C@]3(CF)C(O)[C@]3(O)[C@H]2Cl)c(=O)[nH]1. The van der Waals surface area contributed by atoms with E-state index in [2.05, 4.69) is 0 Å². The van der Waals surface area contributed by atoms with Crippen LogP contribution in [0, 0.1) is 0 Å². The summed E-state index contributed by atoms with van der Waals surface area (Å²) in [4.78, 5) is 24.6. The summed E-state index contributed by atoms with van der Waals surface area (Å²) < 4.78 is 19.2. The van der Waals surface area contributed by atoms with E-state index in [1.165, 1.54) is 0 Å². The topological polar surface area (TPSA) is 105 Å². The molecule has 3 rings (SSSR count). The summed E-state index contributed by atoms with van der Waals surface area (Å²) in [5.41, 5.74) is -5.14. The number of hydrogen-bond acceptors (Lipinski definition) is 5. The lowest BCUT2D eigenvalue weighted by molar-refractivity contribution is -0.0757. The molecule has 1 aromatic rings. The van der Waals surface area contributed by atoms with Crippen LogP contribution in [0.1, 0.15) is 6.23 Å². The summed E-state index contributed by atoms with van der Waals surface area (Å²) in [6.45, 7) is -1.14. The number of ether oxygens (including phenoxy) is 1. The lowest BCUT2D eigenvalue weighted by Crippen LogP contribution is -2.39. The van der Waals surface area contributed by atoms with Gasteiger partial charge < -0.3 is 14.9 Å². The van der Waals surface area contributed by atoms with Crippen LogP contribution < -0.4 is 11.2 Å². The number of hydrogen-bond donors (Lipinski definition) is 3. The fourth-order valence-corrected chi connectivity index (χ4v) is 3.04. The Hall–Kier alpha value is -1.22. The Morgan fingerprint density at radius 3 is 2.79 bits per heavy atom. The lowest BCUT2D eigenvalue weighted by Gasteiger charge is -2.22. The fourth-order valence-electron chi connectivity index (χ4n) is 2.57. The Kier molecular flexibility index (Phi) is 2.47. The third-order valence-electron chi connectivity index (χ3n) is 3.78. The number of aliphatic hydroxyl groups is 2. The van der Waals surface area contributed by atoms with Crippen molar-refractivity contribution in [3.05, 3.63) is 33.1 Å². The lowest BCUT2D eigenvalue weighted by atomic mass is 10.2. The molecule has 0 spiro atoms. The first kappa shape index (κ1) is 12.8. The molecule has 3 N–H and O–H groups in total. The van der Waals surface area contributed by atoms with E-state index < -0.39 is 46.8 Å². The number of H-pyrrole nitrogens is 1. The van der Waals surface area contributed by atoms with E-state index in [0.717, 1.165) is 16.8 Å². The van der Waals surface area contributed by atoms with Crippen LogP contribution in [-0.4, -0.2) is 49.1 Å². The first-order valence-electron chi connectivity index (χ1n) is 5.48. The number of nitrogens with zero attached hydrogens (tertiary/aromatic N) is 1. The molecule has 9 heteroatoms. The number of nitrogens with one attached hydrogen (secondary N) is 1. The maximum absolute atomic E-state index is 13.0. The molecule has 7 nitrogen and oxygen atoms in total. The van der Waals surface area contributed by atoms with Crippen molar-refractivity contribution in [1.29, 1.82) is 0 Å². The molecule has 1 saturated carbocycles. The second-order valence-corrected chi connectivity index (χ2v) is 5.15. The predicted octanol–water partition coefficient (Wildman–Crippen LogP) is -1.51. The molecule has 104 valence electrons. The average Bonchev–Trinajstić information content (AvgIpc) is 2.73. The summed E-state index contributed by atoms with van der Waals surface area (Å²) in [6, 6.07) is 1.07. The Balaban J connectivity index is 2.02.